The van der Waals surface area contributed by atoms with Crippen molar-refractivity contribution in [3.8, 4) is 11.5 Å². The summed E-state index contributed by atoms with van der Waals surface area (Å²) >= 11 is 0. The Morgan fingerprint density at radius 3 is 2.27 bits per heavy atom. The Kier molecular flexibility index (Phi) is 10.8. The Morgan fingerprint density at radius 1 is 0.904 bits per heavy atom. The lowest BCUT2D eigenvalue weighted by Gasteiger charge is -2.40. The molecule has 7 rings (SSSR count). The highest BCUT2D eigenvalue weighted by molar-refractivity contribution is 7.86. The van der Waals surface area contributed by atoms with Gasteiger partial charge in [-0.15, -0.1) is 0 Å². The van der Waals surface area contributed by atoms with E-state index in [0.717, 1.165) is 54.5 Å². The monoisotopic (exact) mass is 738 g/mol. The molecule has 1 atom stereocenters. The molecule has 2 aromatic rings. The summed E-state index contributed by atoms with van der Waals surface area (Å²) in [5.41, 5.74) is 3.66. The lowest BCUT2D eigenvalue weighted by molar-refractivity contribution is -0.142. The number of likely N-dealkylation sites (tertiary alicyclic amines) is 2. The number of benzene rings is 2. The normalized spacial score (nSPS) is 21.6. The van der Waals surface area contributed by atoms with Crippen molar-refractivity contribution in [3.05, 3.63) is 53.1 Å². The highest BCUT2D eigenvalue weighted by atomic mass is 32.2. The molecule has 4 amide bonds. The van der Waals surface area contributed by atoms with Crippen molar-refractivity contribution in [3.63, 3.8) is 0 Å². The molecule has 5 aliphatic rings. The van der Waals surface area contributed by atoms with Crippen molar-refractivity contribution >= 4 is 33.9 Å². The van der Waals surface area contributed by atoms with Crippen LogP contribution in [-0.2, 0) is 32.6 Å². The summed E-state index contributed by atoms with van der Waals surface area (Å²) in [6.07, 6.45) is 3.74. The summed E-state index contributed by atoms with van der Waals surface area (Å²) in [7, 11) is -3.68. The highest BCUT2D eigenvalue weighted by Crippen LogP contribution is 2.36. The van der Waals surface area contributed by atoms with Crippen LogP contribution >= 0.6 is 0 Å². The number of amides is 4. The third kappa shape index (κ3) is 8.11. The number of rotatable bonds is 7. The zero-order valence-electron chi connectivity index (χ0n) is 29.8. The molecular formula is C37H50N6O8S. The van der Waals surface area contributed by atoms with Crippen LogP contribution in [0.5, 0.6) is 11.5 Å². The molecule has 5 heterocycles. The molecule has 3 saturated heterocycles. The van der Waals surface area contributed by atoms with E-state index < -0.39 is 22.4 Å². The number of nitrogens with zero attached hydrogens (tertiary/aromatic N) is 4. The minimum Gasteiger partial charge on any atom is -0.486 e. The second-order valence-electron chi connectivity index (χ2n) is 14.7. The quantitative estimate of drug-likeness (QED) is 0.436. The summed E-state index contributed by atoms with van der Waals surface area (Å²) < 4.78 is 42.7. The number of nitrogens with two attached hydrogens (primary N) is 1. The van der Waals surface area contributed by atoms with Gasteiger partial charge in [-0.3, -0.25) is 4.79 Å². The maximum atomic E-state index is 14.2. The number of ether oxygens (including phenoxy) is 3. The minimum atomic E-state index is -3.68. The average molecular weight is 739 g/mol. The number of carbonyl (C=O) groups is 3. The van der Waals surface area contributed by atoms with E-state index in [9.17, 15) is 22.8 Å². The van der Waals surface area contributed by atoms with Gasteiger partial charge in [0.15, 0.2) is 17.6 Å². The summed E-state index contributed by atoms with van der Waals surface area (Å²) in [6, 6.07) is 11.5. The molecule has 15 heteroatoms. The van der Waals surface area contributed by atoms with Crippen LogP contribution in [0, 0.1) is 18.8 Å². The zero-order valence-corrected chi connectivity index (χ0v) is 30.7. The van der Waals surface area contributed by atoms with Gasteiger partial charge in [0.25, 0.3) is 16.1 Å². The van der Waals surface area contributed by atoms with Crippen LogP contribution in [0.2, 0.25) is 0 Å². The molecule has 0 radical (unpaired) electrons. The summed E-state index contributed by atoms with van der Waals surface area (Å²) in [5.74, 6) is 1.85. The van der Waals surface area contributed by atoms with Crippen molar-refractivity contribution < 1.29 is 37.0 Å². The number of anilines is 1. The van der Waals surface area contributed by atoms with Crippen molar-refractivity contribution in [1.82, 2.24) is 19.0 Å². The average Bonchev–Trinajstić information content (AvgIpc) is 3.32. The van der Waals surface area contributed by atoms with E-state index in [4.69, 9.17) is 19.3 Å². The Hall–Kier alpha value is -4.08. The lowest BCUT2D eigenvalue weighted by atomic mass is 9.79. The fourth-order valence-electron chi connectivity index (χ4n) is 8.60. The van der Waals surface area contributed by atoms with Crippen LogP contribution in [0.25, 0.3) is 0 Å². The fourth-order valence-corrected chi connectivity index (χ4v) is 9.32. The van der Waals surface area contributed by atoms with E-state index in [1.165, 1.54) is 4.31 Å². The van der Waals surface area contributed by atoms with Crippen molar-refractivity contribution in [1.29, 1.82) is 0 Å². The lowest BCUT2D eigenvalue weighted by Crippen LogP contribution is -2.52. The third-order valence-electron chi connectivity index (χ3n) is 11.5. The van der Waals surface area contributed by atoms with Gasteiger partial charge in [-0.25, -0.2) is 14.7 Å². The first-order valence-electron chi connectivity index (χ1n) is 18.6. The highest BCUT2D eigenvalue weighted by Gasteiger charge is 2.38. The first-order valence-corrected chi connectivity index (χ1v) is 20.1. The van der Waals surface area contributed by atoms with E-state index in [0.29, 0.717) is 95.2 Å². The van der Waals surface area contributed by atoms with Gasteiger partial charge in [0.05, 0.1) is 0 Å². The van der Waals surface area contributed by atoms with Crippen LogP contribution in [0.15, 0.2) is 36.4 Å². The Labute approximate surface area is 305 Å². The van der Waals surface area contributed by atoms with Gasteiger partial charge in [0.1, 0.15) is 13.2 Å². The number of carbonyl (C=O) groups excluding carboxylic acids is 3. The van der Waals surface area contributed by atoms with Gasteiger partial charge in [-0.2, -0.15) is 12.7 Å². The molecule has 0 aliphatic carbocycles. The Morgan fingerprint density at radius 2 is 1.56 bits per heavy atom. The maximum Gasteiger partial charge on any atom is 0.410 e. The number of piperidine rings is 3. The van der Waals surface area contributed by atoms with Crippen molar-refractivity contribution in [2.24, 2.45) is 17.0 Å². The van der Waals surface area contributed by atoms with Crippen LogP contribution < -0.4 is 19.9 Å². The van der Waals surface area contributed by atoms with E-state index >= 15 is 0 Å². The molecule has 282 valence electrons. The van der Waals surface area contributed by atoms with Gasteiger partial charge < -0.3 is 34.2 Å². The minimum absolute atomic E-state index is 0.00952. The Bertz CT molecular complexity index is 1750. The van der Waals surface area contributed by atoms with Crippen molar-refractivity contribution in [2.45, 2.75) is 70.4 Å². The molecule has 0 bridgehead atoms. The number of hydrogen-bond donors (Lipinski definition) is 2. The zero-order chi connectivity index (χ0) is 36.4. The topological polar surface area (TPSA) is 164 Å². The van der Waals surface area contributed by atoms with Crippen LogP contribution in [0.1, 0.15) is 55.2 Å². The van der Waals surface area contributed by atoms with Gasteiger partial charge in [-0.05, 0) is 92.5 Å². The first-order chi connectivity index (χ1) is 25.0. The van der Waals surface area contributed by atoms with Crippen molar-refractivity contribution in [2.75, 3.05) is 64.3 Å². The summed E-state index contributed by atoms with van der Waals surface area (Å²) in [5, 5.41) is 8.38. The predicted octanol–water partition coefficient (Wildman–Crippen LogP) is 3.52. The van der Waals surface area contributed by atoms with Gasteiger partial charge in [0, 0.05) is 64.0 Å². The molecular weight excluding hydrogens is 689 g/mol. The number of nitrogens with one attached hydrogen (secondary N) is 1. The molecule has 5 aliphatic heterocycles. The molecule has 0 spiro atoms. The number of fused-ring (bicyclic) bond motifs is 2. The smallest absolute Gasteiger partial charge is 0.410 e. The third-order valence-corrected chi connectivity index (χ3v) is 12.6. The number of aryl methyl sites for hydroxylation is 1. The summed E-state index contributed by atoms with van der Waals surface area (Å²) in [6.45, 7) is 6.21. The molecule has 3 N–H and O–H groups in total. The van der Waals surface area contributed by atoms with Gasteiger partial charge in [-0.1, -0.05) is 24.3 Å². The van der Waals surface area contributed by atoms with E-state index in [1.54, 1.807) is 9.80 Å². The van der Waals surface area contributed by atoms with Crippen LogP contribution in [0.4, 0.5) is 15.3 Å². The second-order valence-corrected chi connectivity index (χ2v) is 16.3. The molecule has 0 aromatic heterocycles. The number of urea groups is 1. The maximum absolute atomic E-state index is 14.2. The standard InChI is InChI=1S/C37H50N6O8S/c1-25-22-26(23-32-34(25)50-21-20-49-32)24-33(35(44)40-13-6-27(7-14-40)28-8-17-42(18-9-28)52(38,47)48)51-37(46)41-15-11-30(12-16-41)43-19-10-29-4-2-3-5-31(29)39-36(43)45/h2-5,22-23,27-28,30,33H,6-21,24H2,1H3,(H,39,45)(H2,38,47,48)/t33-/m1/s1. The van der Waals surface area contributed by atoms with Crippen LogP contribution in [-0.4, -0.2) is 117 Å². The SMILES string of the molecule is Cc1cc(C[C@@H](OC(=O)N2CCC(N3CCc4ccccc4NC3=O)CC2)C(=O)N2CCC(C3CCN(S(N)(=O)=O)CC3)CC2)cc2c1OCCO2. The molecule has 14 nitrogen and oxygen atoms in total. The van der Waals surface area contributed by atoms with Gasteiger partial charge in [0.2, 0.25) is 0 Å². The van der Waals surface area contributed by atoms with Crippen LogP contribution in [0.3, 0.4) is 0 Å². The second kappa shape index (κ2) is 15.5. The molecule has 0 saturated carbocycles. The fraction of sp³-hybridized carbons (Fsp3) is 0.595. The van der Waals surface area contributed by atoms with Gasteiger partial charge >= 0.3 is 12.1 Å². The molecule has 0 unspecified atom stereocenters. The van der Waals surface area contributed by atoms with E-state index in [2.05, 4.69) is 5.32 Å². The molecule has 3 fully saturated rings. The van der Waals surface area contributed by atoms with E-state index in [-0.39, 0.29) is 24.4 Å². The molecule has 2 aromatic carbocycles. The predicted molar refractivity (Wildman–Crippen MR) is 193 cm³/mol. The summed E-state index contributed by atoms with van der Waals surface area (Å²) in [4.78, 5) is 46.4. The van der Waals surface area contributed by atoms with E-state index in [1.807, 2.05) is 48.2 Å². The molecule has 52 heavy (non-hydrogen) atoms. The number of para-hydroxylation sites is 1. The Balaban J connectivity index is 0.988. The first kappa shape index (κ1) is 36.3. The largest absolute Gasteiger partial charge is 0.486 e. The number of hydrogen-bond acceptors (Lipinski definition) is 8.